The zero-order valence-corrected chi connectivity index (χ0v) is 22.1. The van der Waals surface area contributed by atoms with Crippen molar-refractivity contribution in [2.45, 2.75) is 9.79 Å². The maximum atomic E-state index is 13.9. The molecule has 4 aromatic carbocycles. The topological polar surface area (TPSA) is 212 Å². The number of ketones is 4. The van der Waals surface area contributed by atoms with E-state index in [1.807, 2.05) is 0 Å². The first-order chi connectivity index (χ1) is 19.3. The quantitative estimate of drug-likeness (QED) is 0.134. The number of fused-ring (bicyclic) bond motifs is 4. The summed E-state index contributed by atoms with van der Waals surface area (Å²) in [7, 11) is -5.12. The molecule has 0 saturated heterocycles. The van der Waals surface area contributed by atoms with E-state index in [1.165, 1.54) is 48.5 Å². The van der Waals surface area contributed by atoms with Gasteiger partial charge >= 0.3 is 0 Å². The van der Waals surface area contributed by atoms with E-state index in [-0.39, 0.29) is 33.4 Å². The monoisotopic (exact) mass is 588 g/mol. The fourth-order valence-corrected chi connectivity index (χ4v) is 6.53. The van der Waals surface area contributed by atoms with Crippen LogP contribution in [0.1, 0.15) is 63.7 Å². The number of hydrogen-bond acceptors (Lipinski definition) is 9. The summed E-state index contributed by atoms with van der Waals surface area (Å²) in [5, 5.41) is 0. The van der Waals surface area contributed by atoms with Crippen LogP contribution in [0.2, 0.25) is 0 Å². The van der Waals surface area contributed by atoms with Gasteiger partial charge in [0.25, 0.3) is 10.1 Å². The van der Waals surface area contributed by atoms with Crippen LogP contribution in [0.4, 0.5) is 11.4 Å². The Morgan fingerprint density at radius 2 is 0.951 bits per heavy atom. The van der Waals surface area contributed by atoms with Gasteiger partial charge in [0.05, 0.1) is 27.4 Å². The van der Waals surface area contributed by atoms with E-state index in [4.69, 9.17) is 11.5 Å². The van der Waals surface area contributed by atoms with Crippen molar-refractivity contribution in [3.05, 3.63) is 105 Å². The molecule has 0 saturated carbocycles. The molecule has 4 aromatic rings. The normalized spacial score (nSPS) is 14.7. The van der Waals surface area contributed by atoms with Gasteiger partial charge in [-0.3, -0.25) is 23.7 Å². The van der Waals surface area contributed by atoms with Crippen molar-refractivity contribution in [3.63, 3.8) is 0 Å². The Labute approximate surface area is 233 Å². The Hall–Kier alpha value is -4.82. The lowest BCUT2D eigenvalue weighted by molar-refractivity contribution is 0.0978. The summed E-state index contributed by atoms with van der Waals surface area (Å²) in [6.45, 7) is 0. The van der Waals surface area contributed by atoms with Crippen LogP contribution in [0, 0.1) is 0 Å². The van der Waals surface area contributed by atoms with Crippen LogP contribution >= 0.6 is 0 Å². The first-order valence-corrected chi connectivity index (χ1v) is 14.3. The number of benzene rings is 4. The lowest BCUT2D eigenvalue weighted by Gasteiger charge is -2.27. The summed E-state index contributed by atoms with van der Waals surface area (Å²) in [4.78, 5) is 53.4. The number of hydrogen-bond donors (Lipinski definition) is 4. The van der Waals surface area contributed by atoms with Crippen LogP contribution in [-0.4, -0.2) is 44.9 Å². The third kappa shape index (κ3) is 3.64. The van der Waals surface area contributed by atoms with Gasteiger partial charge in [0.2, 0.25) is 0 Å². The van der Waals surface area contributed by atoms with E-state index in [9.17, 15) is 40.9 Å². The summed E-state index contributed by atoms with van der Waals surface area (Å²) in [6, 6.07) is 13.2. The van der Waals surface area contributed by atoms with Crippen molar-refractivity contribution in [2.75, 3.05) is 11.5 Å². The van der Waals surface area contributed by atoms with Gasteiger partial charge in [0.1, 0.15) is 4.90 Å². The third-order valence-electron chi connectivity index (χ3n) is 7.16. The number of nitrogen functional groups attached to an aromatic ring is 2. The Morgan fingerprint density at radius 1 is 0.585 bits per heavy atom. The van der Waals surface area contributed by atoms with E-state index in [0.717, 1.165) is 12.1 Å². The first kappa shape index (κ1) is 26.4. The second-order valence-electron chi connectivity index (χ2n) is 9.30. The SMILES string of the molecule is Nc1c(S(=O)O)cc(-c2cc(S(=O)(=O)O)c(N)c3c2C(=O)c2ccccc2C3=O)c2c1C(=O)c1ccccc1C2=O. The molecule has 41 heavy (non-hydrogen) atoms. The average molecular weight is 589 g/mol. The summed E-state index contributed by atoms with van der Waals surface area (Å²) in [5.74, 6) is -3.11. The second-order valence-corrected chi connectivity index (χ2v) is 11.6. The number of anilines is 2. The fraction of sp³-hybridized carbons (Fsp3) is 0. The molecule has 11 nitrogen and oxygen atoms in total. The van der Waals surface area contributed by atoms with E-state index in [0.29, 0.717) is 0 Å². The van der Waals surface area contributed by atoms with Gasteiger partial charge in [-0.1, -0.05) is 48.5 Å². The van der Waals surface area contributed by atoms with Gasteiger partial charge in [-0.2, -0.15) is 8.42 Å². The minimum absolute atomic E-state index is 0.0262. The van der Waals surface area contributed by atoms with E-state index >= 15 is 0 Å². The van der Waals surface area contributed by atoms with E-state index in [2.05, 4.69) is 0 Å². The van der Waals surface area contributed by atoms with Crippen molar-refractivity contribution in [1.82, 2.24) is 0 Å². The predicted molar refractivity (Wildman–Crippen MR) is 146 cm³/mol. The average Bonchev–Trinajstić information content (AvgIpc) is 2.93. The molecule has 6 N–H and O–H groups in total. The number of nitrogens with two attached hydrogens (primary N) is 2. The Bertz CT molecular complexity index is 2100. The summed E-state index contributed by atoms with van der Waals surface area (Å²) < 4.78 is 57.2. The first-order valence-electron chi connectivity index (χ1n) is 11.7. The van der Waals surface area contributed by atoms with Crippen LogP contribution in [0.25, 0.3) is 11.1 Å². The van der Waals surface area contributed by atoms with Crippen LogP contribution < -0.4 is 11.5 Å². The highest BCUT2D eigenvalue weighted by Gasteiger charge is 2.40. The molecule has 0 aromatic heterocycles. The molecular formula is C28H16N2O9S2. The van der Waals surface area contributed by atoms with Gasteiger partial charge in [0.15, 0.2) is 34.2 Å². The number of rotatable bonds is 3. The van der Waals surface area contributed by atoms with E-state index < -0.39 is 87.8 Å². The Morgan fingerprint density at radius 3 is 1.34 bits per heavy atom. The Balaban J connectivity index is 1.82. The van der Waals surface area contributed by atoms with E-state index in [1.54, 1.807) is 0 Å². The van der Waals surface area contributed by atoms with Crippen LogP contribution in [0.5, 0.6) is 0 Å². The maximum Gasteiger partial charge on any atom is 0.296 e. The van der Waals surface area contributed by atoms with Crippen LogP contribution in [0.3, 0.4) is 0 Å². The lowest BCUT2D eigenvalue weighted by atomic mass is 9.75. The molecular weight excluding hydrogens is 572 g/mol. The molecule has 6 rings (SSSR count). The highest BCUT2D eigenvalue weighted by molar-refractivity contribution is 7.86. The molecule has 2 aliphatic rings. The van der Waals surface area contributed by atoms with Crippen molar-refractivity contribution in [2.24, 2.45) is 0 Å². The number of carbonyl (C=O) groups is 4. The smallest absolute Gasteiger partial charge is 0.296 e. The molecule has 0 spiro atoms. The molecule has 13 heteroatoms. The largest absolute Gasteiger partial charge is 0.397 e. The summed E-state index contributed by atoms with van der Waals surface area (Å²) in [5.41, 5.74) is 8.33. The summed E-state index contributed by atoms with van der Waals surface area (Å²) >= 11 is -2.82. The minimum atomic E-state index is -5.12. The minimum Gasteiger partial charge on any atom is -0.397 e. The molecule has 0 aliphatic heterocycles. The van der Waals surface area contributed by atoms with Gasteiger partial charge in [-0.05, 0) is 23.3 Å². The van der Waals surface area contributed by atoms with Crippen molar-refractivity contribution >= 4 is 55.7 Å². The molecule has 0 amide bonds. The van der Waals surface area contributed by atoms with Gasteiger partial charge in [-0.15, -0.1) is 0 Å². The van der Waals surface area contributed by atoms with Gasteiger partial charge in [-0.25, -0.2) is 4.21 Å². The van der Waals surface area contributed by atoms with Crippen molar-refractivity contribution < 1.29 is 40.9 Å². The molecule has 0 heterocycles. The number of carbonyl (C=O) groups excluding carboxylic acids is 4. The van der Waals surface area contributed by atoms with Gasteiger partial charge < -0.3 is 16.0 Å². The Kier molecular flexibility index (Phi) is 5.69. The highest BCUT2D eigenvalue weighted by atomic mass is 32.2. The molecule has 0 bridgehead atoms. The highest BCUT2D eigenvalue weighted by Crippen LogP contribution is 2.45. The fourth-order valence-electron chi connectivity index (χ4n) is 5.37. The van der Waals surface area contributed by atoms with Crippen LogP contribution in [-0.2, 0) is 21.2 Å². The predicted octanol–water partition coefficient (Wildman–Crippen LogP) is 2.90. The van der Waals surface area contributed by atoms with Crippen LogP contribution in [0.15, 0.2) is 70.5 Å². The molecule has 1 unspecified atom stereocenters. The molecule has 0 fully saturated rings. The molecule has 1 atom stereocenters. The standard InChI is InChI=1S/C28H16N2O9S2/c29-23-17(40(35)36)9-15(19-21(23)27(33)13-7-3-1-5-11(13)25(19)31)16-10-18(41(37,38)39)24(30)22-20(16)26(32)12-6-2-4-8-14(12)28(22)34/h1-10H,29-30H2,(H,35,36)(H,37,38,39). The zero-order chi connectivity index (χ0) is 29.5. The van der Waals surface area contributed by atoms with Crippen molar-refractivity contribution in [1.29, 1.82) is 0 Å². The second kappa shape index (κ2) is 8.84. The third-order valence-corrected chi connectivity index (χ3v) is 8.76. The van der Waals surface area contributed by atoms with Crippen molar-refractivity contribution in [3.8, 4) is 11.1 Å². The molecule has 2 aliphatic carbocycles. The lowest BCUT2D eigenvalue weighted by Crippen LogP contribution is -2.27. The van der Waals surface area contributed by atoms with Gasteiger partial charge in [0, 0.05) is 33.4 Å². The summed E-state index contributed by atoms with van der Waals surface area (Å²) in [6.07, 6.45) is 0. The molecule has 0 radical (unpaired) electrons. The molecule has 204 valence electrons. The zero-order valence-electron chi connectivity index (χ0n) is 20.5. The maximum absolute atomic E-state index is 13.9.